The van der Waals surface area contributed by atoms with Crippen LogP contribution in [0.25, 0.3) is 0 Å². The van der Waals surface area contributed by atoms with Crippen LogP contribution in [0.3, 0.4) is 0 Å². The Morgan fingerprint density at radius 3 is 2.19 bits per heavy atom. The molecule has 0 aliphatic heterocycles. The average Bonchev–Trinajstić information content (AvgIpc) is 2.65. The maximum Gasteiger partial charge on any atom is 0.251 e. The summed E-state index contributed by atoms with van der Waals surface area (Å²) in [5.74, 6) is 0.763. The van der Waals surface area contributed by atoms with Crippen molar-refractivity contribution in [1.29, 1.82) is 0 Å². The Kier molecular flexibility index (Phi) is 7.76. The summed E-state index contributed by atoms with van der Waals surface area (Å²) in [6, 6.07) is 13.7. The average molecular weight is 377 g/mol. The third-order valence-electron chi connectivity index (χ3n) is 3.34. The second kappa shape index (κ2) is 10.3. The van der Waals surface area contributed by atoms with Crippen molar-refractivity contribution in [3.63, 3.8) is 0 Å². The molecule has 0 unspecified atom stereocenters. The van der Waals surface area contributed by atoms with Crippen molar-refractivity contribution in [3.8, 4) is 11.5 Å². The molecule has 2 aromatic carbocycles. The van der Waals surface area contributed by atoms with Gasteiger partial charge in [0.1, 0.15) is 18.1 Å². The highest BCUT2D eigenvalue weighted by atomic mass is 35.5. The fraction of sp³-hybridized carbons (Fsp3) is 0.263. The molecular weight excluding hydrogens is 356 g/mol. The van der Waals surface area contributed by atoms with Crippen LogP contribution in [0.15, 0.2) is 48.5 Å². The van der Waals surface area contributed by atoms with E-state index in [1.165, 1.54) is 0 Å². The van der Waals surface area contributed by atoms with Crippen LogP contribution >= 0.6 is 11.6 Å². The van der Waals surface area contributed by atoms with E-state index < -0.39 is 0 Å². The Hall–Kier alpha value is -2.73. The first-order valence-electron chi connectivity index (χ1n) is 8.24. The van der Waals surface area contributed by atoms with Gasteiger partial charge < -0.3 is 20.1 Å². The maximum absolute atomic E-state index is 12.0. The molecule has 138 valence electrons. The highest BCUT2D eigenvalue weighted by Gasteiger charge is 2.08. The van der Waals surface area contributed by atoms with E-state index in [0.29, 0.717) is 41.8 Å². The Bertz CT molecular complexity index is 717. The first-order chi connectivity index (χ1) is 12.6. The van der Waals surface area contributed by atoms with E-state index >= 15 is 0 Å². The summed E-state index contributed by atoms with van der Waals surface area (Å²) in [7, 11) is 0. The standard InChI is InChI=1S/C19H21ClN2O4/c1-2-25-16-7-3-14(4-8-16)19(24)22-13-18(23)21-11-12-26-17-9-5-15(20)6-10-17/h3-10H,2,11-13H2,1H3,(H,21,23)(H,22,24). The molecule has 2 N–H and O–H groups in total. The van der Waals surface area contributed by atoms with Crippen LogP contribution in [0, 0.1) is 0 Å². The second-order valence-electron chi connectivity index (χ2n) is 5.29. The summed E-state index contributed by atoms with van der Waals surface area (Å²) < 4.78 is 10.8. The molecule has 0 spiro atoms. The quantitative estimate of drug-likeness (QED) is 0.660. The van der Waals surface area contributed by atoms with Crippen molar-refractivity contribution in [3.05, 3.63) is 59.1 Å². The largest absolute Gasteiger partial charge is 0.494 e. The van der Waals surface area contributed by atoms with Crippen molar-refractivity contribution in [2.24, 2.45) is 0 Å². The van der Waals surface area contributed by atoms with Gasteiger partial charge in [0, 0.05) is 10.6 Å². The molecule has 0 atom stereocenters. The zero-order chi connectivity index (χ0) is 18.8. The lowest BCUT2D eigenvalue weighted by Gasteiger charge is -2.09. The minimum atomic E-state index is -0.319. The van der Waals surface area contributed by atoms with Gasteiger partial charge in [0.25, 0.3) is 5.91 Å². The molecule has 2 amide bonds. The lowest BCUT2D eigenvalue weighted by Crippen LogP contribution is -2.38. The molecule has 7 heteroatoms. The van der Waals surface area contributed by atoms with Gasteiger partial charge in [0.05, 0.1) is 19.7 Å². The molecule has 0 fully saturated rings. The van der Waals surface area contributed by atoms with Gasteiger partial charge in [0.2, 0.25) is 5.91 Å². The van der Waals surface area contributed by atoms with Gasteiger partial charge in [-0.05, 0) is 55.5 Å². The summed E-state index contributed by atoms with van der Waals surface area (Å²) >= 11 is 5.79. The van der Waals surface area contributed by atoms with E-state index in [0.717, 1.165) is 0 Å². The number of ether oxygens (including phenoxy) is 2. The van der Waals surface area contributed by atoms with Crippen LogP contribution in [0.4, 0.5) is 0 Å². The monoisotopic (exact) mass is 376 g/mol. The van der Waals surface area contributed by atoms with Gasteiger partial charge in [-0.3, -0.25) is 9.59 Å². The minimum Gasteiger partial charge on any atom is -0.494 e. The molecule has 0 saturated heterocycles. The van der Waals surface area contributed by atoms with E-state index in [1.54, 1.807) is 48.5 Å². The summed E-state index contributed by atoms with van der Waals surface area (Å²) in [6.45, 7) is 3.00. The smallest absolute Gasteiger partial charge is 0.251 e. The maximum atomic E-state index is 12.0. The predicted octanol–water partition coefficient (Wildman–Crippen LogP) is 2.66. The minimum absolute atomic E-state index is 0.104. The third-order valence-corrected chi connectivity index (χ3v) is 3.60. The fourth-order valence-electron chi connectivity index (χ4n) is 2.08. The zero-order valence-corrected chi connectivity index (χ0v) is 15.2. The Balaban J connectivity index is 1.64. The molecule has 6 nitrogen and oxygen atoms in total. The Morgan fingerprint density at radius 1 is 0.923 bits per heavy atom. The third kappa shape index (κ3) is 6.64. The number of carbonyl (C=O) groups excluding carboxylic acids is 2. The number of hydrogen-bond donors (Lipinski definition) is 2. The lowest BCUT2D eigenvalue weighted by molar-refractivity contribution is -0.120. The van der Waals surface area contributed by atoms with Gasteiger partial charge in [0.15, 0.2) is 0 Å². The van der Waals surface area contributed by atoms with Gasteiger partial charge in [-0.15, -0.1) is 0 Å². The summed E-state index contributed by atoms with van der Waals surface area (Å²) in [5.41, 5.74) is 0.465. The van der Waals surface area contributed by atoms with Crippen LogP contribution in [0.5, 0.6) is 11.5 Å². The van der Waals surface area contributed by atoms with Crippen molar-refractivity contribution in [1.82, 2.24) is 10.6 Å². The van der Waals surface area contributed by atoms with Crippen LogP contribution in [0.2, 0.25) is 5.02 Å². The van der Waals surface area contributed by atoms with Crippen LogP contribution in [-0.4, -0.2) is 38.1 Å². The highest BCUT2D eigenvalue weighted by molar-refractivity contribution is 6.30. The van der Waals surface area contributed by atoms with Crippen LogP contribution in [-0.2, 0) is 4.79 Å². The molecule has 26 heavy (non-hydrogen) atoms. The number of rotatable bonds is 9. The lowest BCUT2D eigenvalue weighted by atomic mass is 10.2. The van der Waals surface area contributed by atoms with Gasteiger partial charge >= 0.3 is 0 Å². The van der Waals surface area contributed by atoms with E-state index in [2.05, 4.69) is 10.6 Å². The number of hydrogen-bond acceptors (Lipinski definition) is 4. The first kappa shape index (κ1) is 19.6. The van der Waals surface area contributed by atoms with Gasteiger partial charge in [-0.25, -0.2) is 0 Å². The molecule has 0 aliphatic rings. The molecule has 0 saturated carbocycles. The highest BCUT2D eigenvalue weighted by Crippen LogP contribution is 2.15. The van der Waals surface area contributed by atoms with Crippen molar-refractivity contribution >= 4 is 23.4 Å². The molecule has 0 aromatic heterocycles. The molecule has 0 aliphatic carbocycles. The Morgan fingerprint density at radius 2 is 1.54 bits per heavy atom. The summed E-state index contributed by atoms with van der Waals surface area (Å²) in [4.78, 5) is 23.7. The van der Waals surface area contributed by atoms with Crippen molar-refractivity contribution in [2.45, 2.75) is 6.92 Å². The molecule has 0 heterocycles. The van der Waals surface area contributed by atoms with Crippen molar-refractivity contribution < 1.29 is 19.1 Å². The fourth-order valence-corrected chi connectivity index (χ4v) is 2.21. The molecule has 0 bridgehead atoms. The normalized spacial score (nSPS) is 10.1. The molecule has 2 aromatic rings. The SMILES string of the molecule is CCOc1ccc(C(=O)NCC(=O)NCCOc2ccc(Cl)cc2)cc1. The van der Waals surface area contributed by atoms with Crippen LogP contribution < -0.4 is 20.1 Å². The number of nitrogens with one attached hydrogen (secondary N) is 2. The van der Waals surface area contributed by atoms with Crippen LogP contribution in [0.1, 0.15) is 17.3 Å². The summed E-state index contributed by atoms with van der Waals surface area (Å²) in [5, 5.41) is 5.87. The predicted molar refractivity (Wildman–Crippen MR) is 99.9 cm³/mol. The molecule has 2 rings (SSSR count). The van der Waals surface area contributed by atoms with E-state index in [4.69, 9.17) is 21.1 Å². The van der Waals surface area contributed by atoms with Gasteiger partial charge in [-0.2, -0.15) is 0 Å². The number of benzene rings is 2. The molecular formula is C19H21ClN2O4. The summed E-state index contributed by atoms with van der Waals surface area (Å²) in [6.07, 6.45) is 0. The number of carbonyl (C=O) groups is 2. The Labute approximate surface area is 157 Å². The zero-order valence-electron chi connectivity index (χ0n) is 14.5. The number of amides is 2. The first-order valence-corrected chi connectivity index (χ1v) is 8.62. The second-order valence-corrected chi connectivity index (χ2v) is 5.73. The van der Waals surface area contributed by atoms with E-state index in [9.17, 15) is 9.59 Å². The topological polar surface area (TPSA) is 76.7 Å². The molecule has 0 radical (unpaired) electrons. The van der Waals surface area contributed by atoms with E-state index in [-0.39, 0.29) is 18.4 Å². The van der Waals surface area contributed by atoms with E-state index in [1.807, 2.05) is 6.92 Å². The van der Waals surface area contributed by atoms with Crippen molar-refractivity contribution in [2.75, 3.05) is 26.3 Å². The van der Waals surface area contributed by atoms with Gasteiger partial charge in [-0.1, -0.05) is 11.6 Å². The number of halogens is 1.